The molecule has 1 aliphatic rings. The molecule has 0 spiro atoms. The van der Waals surface area contributed by atoms with Crippen molar-refractivity contribution in [3.63, 3.8) is 0 Å². The SMILES string of the molecule is Cc1ccc(S(=O)(=O)ON=S2CCC(COS(C)(=O)=O)CC2)cc1. The zero-order valence-corrected chi connectivity index (χ0v) is 16.0. The van der Waals surface area contributed by atoms with E-state index in [0.29, 0.717) is 11.5 Å². The largest absolute Gasteiger partial charge is 0.319 e. The van der Waals surface area contributed by atoms with Gasteiger partial charge in [-0.2, -0.15) is 16.8 Å². The summed E-state index contributed by atoms with van der Waals surface area (Å²) in [7, 11) is -7.80. The van der Waals surface area contributed by atoms with Crippen LogP contribution in [-0.2, 0) is 39.4 Å². The lowest BCUT2D eigenvalue weighted by molar-refractivity contribution is 0.246. The number of benzene rings is 1. The molecule has 2 rings (SSSR count). The van der Waals surface area contributed by atoms with Gasteiger partial charge in [0.15, 0.2) is 0 Å². The minimum absolute atomic E-state index is 0.0805. The lowest BCUT2D eigenvalue weighted by atomic mass is 10.1. The Morgan fingerprint density at radius 1 is 1.12 bits per heavy atom. The molecule has 136 valence electrons. The molecule has 0 unspecified atom stereocenters. The number of hydrogen-bond acceptors (Lipinski definition) is 7. The normalized spacial score (nSPS) is 22.2. The van der Waals surface area contributed by atoms with Crippen molar-refractivity contribution < 1.29 is 25.3 Å². The van der Waals surface area contributed by atoms with E-state index in [2.05, 4.69) is 4.53 Å². The van der Waals surface area contributed by atoms with Gasteiger partial charge in [0.1, 0.15) is 0 Å². The Morgan fingerprint density at radius 2 is 1.71 bits per heavy atom. The molecule has 1 heterocycles. The molecule has 0 amide bonds. The molecule has 1 aliphatic heterocycles. The van der Waals surface area contributed by atoms with Gasteiger partial charge >= 0.3 is 10.1 Å². The Labute approximate surface area is 145 Å². The van der Waals surface area contributed by atoms with Crippen molar-refractivity contribution in [2.45, 2.75) is 24.7 Å². The second kappa shape index (κ2) is 8.05. The van der Waals surface area contributed by atoms with E-state index < -0.39 is 30.9 Å². The molecule has 0 bridgehead atoms. The second-order valence-corrected chi connectivity index (χ2v) is 10.8. The van der Waals surface area contributed by atoms with Gasteiger partial charge in [-0.1, -0.05) is 32.9 Å². The van der Waals surface area contributed by atoms with E-state index in [1.54, 1.807) is 12.1 Å². The summed E-state index contributed by atoms with van der Waals surface area (Å²) in [5, 5.41) is 0. The Hall–Kier alpha value is -0.810. The molecule has 7 nitrogen and oxygen atoms in total. The van der Waals surface area contributed by atoms with E-state index in [4.69, 9.17) is 8.47 Å². The van der Waals surface area contributed by atoms with Gasteiger partial charge in [-0.25, -0.2) is 0 Å². The van der Waals surface area contributed by atoms with Gasteiger partial charge in [-0.15, -0.1) is 4.28 Å². The first-order valence-electron chi connectivity index (χ1n) is 7.39. The summed E-state index contributed by atoms with van der Waals surface area (Å²) in [4.78, 5) is 0.0805. The van der Waals surface area contributed by atoms with Crippen molar-refractivity contribution >= 4 is 30.9 Å². The van der Waals surface area contributed by atoms with Crippen molar-refractivity contribution in [2.75, 3.05) is 24.4 Å². The highest BCUT2D eigenvalue weighted by molar-refractivity contribution is 7.89. The van der Waals surface area contributed by atoms with Gasteiger partial charge in [0.05, 0.1) is 17.8 Å². The topological polar surface area (TPSA) is 99.1 Å². The van der Waals surface area contributed by atoms with Crippen molar-refractivity contribution in [1.82, 2.24) is 0 Å². The molecule has 0 N–H and O–H groups in total. The second-order valence-electron chi connectivity index (χ2n) is 5.72. The van der Waals surface area contributed by atoms with Crippen LogP contribution in [0.1, 0.15) is 18.4 Å². The first-order valence-corrected chi connectivity index (χ1v) is 12.1. The van der Waals surface area contributed by atoms with Crippen LogP contribution in [0.4, 0.5) is 0 Å². The summed E-state index contributed by atoms with van der Waals surface area (Å²) in [5.74, 6) is 1.48. The van der Waals surface area contributed by atoms with Crippen LogP contribution in [0.3, 0.4) is 0 Å². The molecule has 10 heteroatoms. The molecule has 0 saturated carbocycles. The van der Waals surface area contributed by atoms with Gasteiger partial charge < -0.3 is 0 Å². The lowest BCUT2D eigenvalue weighted by Gasteiger charge is -2.22. The molecule has 1 saturated heterocycles. The third-order valence-corrected chi connectivity index (χ3v) is 7.06. The molecule has 1 aromatic rings. The van der Waals surface area contributed by atoms with E-state index in [1.165, 1.54) is 12.1 Å². The highest BCUT2D eigenvalue weighted by Gasteiger charge is 2.21. The van der Waals surface area contributed by atoms with E-state index in [-0.39, 0.29) is 17.4 Å². The summed E-state index contributed by atoms with van der Waals surface area (Å²) >= 11 is 0. The van der Waals surface area contributed by atoms with Crippen LogP contribution in [0.2, 0.25) is 0 Å². The fourth-order valence-corrected chi connectivity index (χ4v) is 5.37. The van der Waals surface area contributed by atoms with Gasteiger partial charge in [0.2, 0.25) is 0 Å². The maximum Gasteiger partial charge on any atom is 0.319 e. The maximum atomic E-state index is 12.1. The third kappa shape index (κ3) is 6.25. The first kappa shape index (κ1) is 19.5. The quantitative estimate of drug-likeness (QED) is 0.538. The first-order chi connectivity index (χ1) is 11.2. The van der Waals surface area contributed by atoms with Gasteiger partial charge in [0, 0.05) is 11.5 Å². The number of hydrogen-bond donors (Lipinski definition) is 0. The van der Waals surface area contributed by atoms with E-state index >= 15 is 0 Å². The monoisotopic (exact) mass is 395 g/mol. The molecule has 0 atom stereocenters. The van der Waals surface area contributed by atoms with Crippen molar-refractivity contribution in [1.29, 1.82) is 0 Å². The van der Waals surface area contributed by atoms with Crippen LogP contribution in [0.15, 0.2) is 33.7 Å². The molecular weight excluding hydrogens is 374 g/mol. The van der Waals surface area contributed by atoms with Crippen LogP contribution in [-0.4, -0.2) is 41.2 Å². The third-order valence-electron chi connectivity index (χ3n) is 3.58. The van der Waals surface area contributed by atoms with Gasteiger partial charge in [0.25, 0.3) is 10.1 Å². The predicted molar refractivity (Wildman–Crippen MR) is 92.5 cm³/mol. The molecule has 24 heavy (non-hydrogen) atoms. The van der Waals surface area contributed by atoms with E-state index in [1.807, 2.05) is 6.92 Å². The minimum Gasteiger partial charge on any atom is -0.270 e. The molecule has 1 aromatic carbocycles. The smallest absolute Gasteiger partial charge is 0.270 e. The van der Waals surface area contributed by atoms with Crippen LogP contribution in [0.25, 0.3) is 0 Å². The number of nitrogens with zero attached hydrogens (tertiary/aromatic N) is 1. The van der Waals surface area contributed by atoms with Crippen LogP contribution >= 0.6 is 0 Å². The summed E-state index contributed by atoms with van der Waals surface area (Å²) < 4.78 is 59.6. The summed E-state index contributed by atoms with van der Waals surface area (Å²) in [6.45, 7) is 2.04. The Morgan fingerprint density at radius 3 is 2.25 bits per heavy atom. The maximum absolute atomic E-state index is 12.1. The lowest BCUT2D eigenvalue weighted by Crippen LogP contribution is -2.23. The van der Waals surface area contributed by atoms with Crippen LogP contribution in [0.5, 0.6) is 0 Å². The number of aryl methyl sites for hydroxylation is 1. The average molecular weight is 396 g/mol. The van der Waals surface area contributed by atoms with Crippen LogP contribution < -0.4 is 0 Å². The average Bonchev–Trinajstić information content (AvgIpc) is 2.52. The molecule has 0 radical (unpaired) electrons. The Bertz CT molecular complexity index is 789. The Balaban J connectivity index is 1.89. The van der Waals surface area contributed by atoms with Crippen LogP contribution in [0, 0.1) is 12.8 Å². The van der Waals surface area contributed by atoms with Crippen molar-refractivity contribution in [3.05, 3.63) is 29.8 Å². The molecule has 0 aromatic heterocycles. The van der Waals surface area contributed by atoms with Gasteiger partial charge in [-0.05, 0) is 37.8 Å². The number of rotatable bonds is 6. The summed E-state index contributed by atoms with van der Waals surface area (Å²) in [6, 6.07) is 6.38. The molecular formula is C14H21NO6S3. The van der Waals surface area contributed by atoms with Crippen molar-refractivity contribution in [3.8, 4) is 0 Å². The van der Waals surface area contributed by atoms with E-state index in [9.17, 15) is 16.8 Å². The highest BCUT2D eigenvalue weighted by atomic mass is 32.2. The summed E-state index contributed by atoms with van der Waals surface area (Å²) in [6.07, 6.45) is 2.49. The van der Waals surface area contributed by atoms with E-state index in [0.717, 1.165) is 24.7 Å². The summed E-state index contributed by atoms with van der Waals surface area (Å²) in [5.41, 5.74) is 0.961. The zero-order valence-electron chi connectivity index (χ0n) is 13.5. The highest BCUT2D eigenvalue weighted by Crippen LogP contribution is 2.20. The fourth-order valence-electron chi connectivity index (χ4n) is 2.14. The minimum atomic E-state index is -3.88. The standard InChI is InChI=1S/C14H21NO6S3/c1-12-3-5-14(6-4-12)24(18,19)21-15-22-9-7-13(8-10-22)11-20-23(2,16)17/h3-6,13H,7-11H2,1-2H3. The zero-order chi connectivity index (χ0) is 17.8. The predicted octanol–water partition coefficient (Wildman–Crippen LogP) is 1.80. The molecule has 1 fully saturated rings. The fraction of sp³-hybridized carbons (Fsp3) is 0.571. The molecule has 0 aliphatic carbocycles. The van der Waals surface area contributed by atoms with Crippen molar-refractivity contribution in [2.24, 2.45) is 10.4 Å². The van der Waals surface area contributed by atoms with Gasteiger partial charge in [-0.3, -0.25) is 4.18 Å². The Kier molecular flexibility index (Phi) is 6.54.